The van der Waals surface area contributed by atoms with Gasteiger partial charge in [0.25, 0.3) is 11.8 Å². The zero-order valence-corrected chi connectivity index (χ0v) is 16.1. The highest BCUT2D eigenvalue weighted by molar-refractivity contribution is 6.30. The van der Waals surface area contributed by atoms with Crippen molar-refractivity contribution < 1.29 is 14.3 Å². The van der Waals surface area contributed by atoms with Gasteiger partial charge in [-0.1, -0.05) is 23.7 Å². The van der Waals surface area contributed by atoms with E-state index in [1.807, 2.05) is 30.9 Å². The van der Waals surface area contributed by atoms with E-state index in [0.29, 0.717) is 30.2 Å². The summed E-state index contributed by atoms with van der Waals surface area (Å²) in [4.78, 5) is 30.6. The number of carbonyl (C=O) groups excluding carboxylic acids is 2. The third kappa shape index (κ3) is 5.05. The molecule has 6 nitrogen and oxygen atoms in total. The lowest BCUT2D eigenvalue weighted by Gasteiger charge is -2.35. The Morgan fingerprint density at radius 3 is 2.48 bits per heavy atom. The van der Waals surface area contributed by atoms with Gasteiger partial charge in [0.15, 0.2) is 0 Å². The Balaban J connectivity index is 1.58. The lowest BCUT2D eigenvalue weighted by Crippen LogP contribution is -2.48. The van der Waals surface area contributed by atoms with Crippen molar-refractivity contribution in [2.75, 3.05) is 13.1 Å². The number of rotatable bonds is 4. The number of morpholine rings is 1. The molecule has 0 radical (unpaired) electrons. The molecule has 1 aromatic carbocycles. The molecule has 2 atom stereocenters. The summed E-state index contributed by atoms with van der Waals surface area (Å²) in [7, 11) is 0. The lowest BCUT2D eigenvalue weighted by molar-refractivity contribution is -0.0586. The number of carbonyl (C=O) groups is 2. The summed E-state index contributed by atoms with van der Waals surface area (Å²) in [5.74, 6) is -0.301. The first-order valence-electron chi connectivity index (χ1n) is 8.86. The largest absolute Gasteiger partial charge is 0.372 e. The number of halogens is 1. The van der Waals surface area contributed by atoms with Gasteiger partial charge in [0.05, 0.1) is 12.2 Å². The monoisotopic (exact) mass is 387 g/mol. The Bertz CT molecular complexity index is 815. The number of hydrogen-bond acceptors (Lipinski definition) is 4. The van der Waals surface area contributed by atoms with Crippen molar-refractivity contribution >= 4 is 23.4 Å². The molecule has 0 saturated carbocycles. The van der Waals surface area contributed by atoms with Crippen molar-refractivity contribution in [3.05, 3.63) is 64.4 Å². The molecule has 0 bridgehead atoms. The van der Waals surface area contributed by atoms with Gasteiger partial charge in [-0.05, 0) is 43.7 Å². The molecule has 3 rings (SSSR count). The van der Waals surface area contributed by atoms with Crippen LogP contribution in [0.2, 0.25) is 5.02 Å². The van der Waals surface area contributed by atoms with Crippen molar-refractivity contribution in [2.45, 2.75) is 32.6 Å². The first-order chi connectivity index (χ1) is 12.9. The molecule has 1 aliphatic rings. The van der Waals surface area contributed by atoms with Crippen LogP contribution in [0.4, 0.5) is 0 Å². The van der Waals surface area contributed by atoms with Gasteiger partial charge < -0.3 is 15.0 Å². The number of nitrogens with one attached hydrogen (secondary N) is 1. The molecule has 1 N–H and O–H groups in total. The van der Waals surface area contributed by atoms with Gasteiger partial charge in [0.2, 0.25) is 0 Å². The number of pyridine rings is 1. The van der Waals surface area contributed by atoms with E-state index in [1.54, 1.807) is 18.2 Å². The number of amides is 2. The Labute approximate surface area is 163 Å². The van der Waals surface area contributed by atoms with Gasteiger partial charge in [0.1, 0.15) is 5.69 Å². The maximum atomic E-state index is 12.7. The summed E-state index contributed by atoms with van der Waals surface area (Å²) >= 11 is 5.87. The van der Waals surface area contributed by atoms with Crippen molar-refractivity contribution in [1.82, 2.24) is 15.2 Å². The average Bonchev–Trinajstić information content (AvgIpc) is 2.65. The Kier molecular flexibility index (Phi) is 6.08. The van der Waals surface area contributed by atoms with Gasteiger partial charge in [-0.25, -0.2) is 0 Å². The van der Waals surface area contributed by atoms with E-state index >= 15 is 0 Å². The molecule has 2 aromatic rings. The molecule has 1 aliphatic heterocycles. The topological polar surface area (TPSA) is 71.5 Å². The Hall–Kier alpha value is -2.44. The normalized spacial score (nSPS) is 19.6. The number of nitrogens with zero attached hydrogens (tertiary/aromatic N) is 2. The molecule has 0 aliphatic carbocycles. The van der Waals surface area contributed by atoms with Crippen molar-refractivity contribution in [2.24, 2.45) is 0 Å². The fraction of sp³-hybridized carbons (Fsp3) is 0.350. The highest BCUT2D eigenvalue weighted by Crippen LogP contribution is 2.15. The molecule has 1 fully saturated rings. The van der Waals surface area contributed by atoms with Gasteiger partial charge in [0, 0.05) is 36.4 Å². The maximum Gasteiger partial charge on any atom is 0.270 e. The van der Waals surface area contributed by atoms with Crippen LogP contribution < -0.4 is 5.32 Å². The van der Waals surface area contributed by atoms with E-state index in [9.17, 15) is 9.59 Å². The van der Waals surface area contributed by atoms with Gasteiger partial charge in [-0.2, -0.15) is 0 Å². The second-order valence-electron chi connectivity index (χ2n) is 6.71. The first-order valence-corrected chi connectivity index (χ1v) is 9.23. The summed E-state index contributed by atoms with van der Waals surface area (Å²) < 4.78 is 5.67. The predicted octanol–water partition coefficient (Wildman–Crippen LogP) is 2.91. The quantitative estimate of drug-likeness (QED) is 0.875. The highest BCUT2D eigenvalue weighted by atomic mass is 35.5. The first kappa shape index (κ1) is 19.3. The number of benzene rings is 1. The van der Waals surface area contributed by atoms with Crippen LogP contribution in [0.5, 0.6) is 0 Å². The van der Waals surface area contributed by atoms with Crippen molar-refractivity contribution in [1.29, 1.82) is 0 Å². The number of aromatic nitrogens is 1. The van der Waals surface area contributed by atoms with Crippen molar-refractivity contribution in [3.63, 3.8) is 0 Å². The highest BCUT2D eigenvalue weighted by Gasteiger charge is 2.26. The predicted molar refractivity (Wildman–Crippen MR) is 103 cm³/mol. The zero-order chi connectivity index (χ0) is 19.4. The Morgan fingerprint density at radius 1 is 1.19 bits per heavy atom. The van der Waals surface area contributed by atoms with Crippen LogP contribution in [0.3, 0.4) is 0 Å². The van der Waals surface area contributed by atoms with E-state index in [-0.39, 0.29) is 29.7 Å². The molecule has 142 valence electrons. The minimum atomic E-state index is -0.297. The third-order valence-corrected chi connectivity index (χ3v) is 4.55. The molecular formula is C20H22ClN3O3. The van der Waals surface area contributed by atoms with Crippen LogP contribution in [0, 0.1) is 0 Å². The molecule has 2 amide bonds. The maximum absolute atomic E-state index is 12.7. The summed E-state index contributed by atoms with van der Waals surface area (Å²) in [6, 6.07) is 10.4. The number of ether oxygens (including phenoxy) is 1. The van der Waals surface area contributed by atoms with Crippen LogP contribution in [0.15, 0.2) is 42.6 Å². The summed E-state index contributed by atoms with van der Waals surface area (Å²) in [5, 5.41) is 3.26. The molecule has 7 heteroatoms. The van der Waals surface area contributed by atoms with E-state index in [1.165, 1.54) is 12.3 Å². The number of hydrogen-bond donors (Lipinski definition) is 1. The fourth-order valence-corrected chi connectivity index (χ4v) is 3.25. The molecular weight excluding hydrogens is 366 g/mol. The standard InChI is InChI=1S/C20H22ClN3O3/c1-13-11-24(12-14(2)27-13)20(26)16-5-3-15(4-6-16)10-23-19(25)18-9-17(21)7-8-22-18/h3-9,13-14H,10-12H2,1-2H3,(H,23,25). The molecule has 27 heavy (non-hydrogen) atoms. The lowest BCUT2D eigenvalue weighted by atomic mass is 10.1. The average molecular weight is 388 g/mol. The second-order valence-corrected chi connectivity index (χ2v) is 7.14. The van der Waals surface area contributed by atoms with Crippen LogP contribution >= 0.6 is 11.6 Å². The summed E-state index contributed by atoms with van der Waals surface area (Å²) in [6.07, 6.45) is 1.56. The minimum Gasteiger partial charge on any atom is -0.372 e. The zero-order valence-electron chi connectivity index (χ0n) is 15.3. The van der Waals surface area contributed by atoms with Crippen LogP contribution in [-0.4, -0.2) is 47.0 Å². The smallest absolute Gasteiger partial charge is 0.270 e. The van der Waals surface area contributed by atoms with Crippen LogP contribution in [0.1, 0.15) is 40.3 Å². The van der Waals surface area contributed by atoms with Crippen molar-refractivity contribution in [3.8, 4) is 0 Å². The van der Waals surface area contributed by atoms with Gasteiger partial charge in [-0.3, -0.25) is 14.6 Å². The molecule has 2 heterocycles. The molecule has 2 unspecified atom stereocenters. The molecule has 0 spiro atoms. The van der Waals surface area contributed by atoms with Gasteiger partial charge in [-0.15, -0.1) is 0 Å². The van der Waals surface area contributed by atoms with E-state index in [4.69, 9.17) is 16.3 Å². The van der Waals surface area contributed by atoms with E-state index in [2.05, 4.69) is 10.3 Å². The summed E-state index contributed by atoms with van der Waals surface area (Å²) in [5.41, 5.74) is 1.79. The molecule has 1 aromatic heterocycles. The van der Waals surface area contributed by atoms with Crippen LogP contribution in [0.25, 0.3) is 0 Å². The summed E-state index contributed by atoms with van der Waals surface area (Å²) in [6.45, 7) is 5.46. The van der Waals surface area contributed by atoms with Gasteiger partial charge >= 0.3 is 0 Å². The van der Waals surface area contributed by atoms with E-state index in [0.717, 1.165) is 5.56 Å². The van der Waals surface area contributed by atoms with E-state index < -0.39 is 0 Å². The fourth-order valence-electron chi connectivity index (χ4n) is 3.09. The van der Waals surface area contributed by atoms with Crippen LogP contribution in [-0.2, 0) is 11.3 Å². The minimum absolute atomic E-state index is 0.00397. The second kappa shape index (κ2) is 8.50. The third-order valence-electron chi connectivity index (χ3n) is 4.32. The Morgan fingerprint density at radius 2 is 1.85 bits per heavy atom. The SMILES string of the molecule is CC1CN(C(=O)c2ccc(CNC(=O)c3cc(Cl)ccn3)cc2)CC(C)O1. The molecule has 1 saturated heterocycles.